The second kappa shape index (κ2) is 3.63. The molecule has 0 saturated carbocycles. The van der Waals surface area contributed by atoms with Gasteiger partial charge in [0.2, 0.25) is 10.0 Å². The van der Waals surface area contributed by atoms with Crippen LogP contribution in [-0.4, -0.2) is 43.0 Å². The summed E-state index contributed by atoms with van der Waals surface area (Å²) in [4.78, 5) is 0. The Morgan fingerprint density at radius 3 is 2.62 bits per heavy atom. The summed E-state index contributed by atoms with van der Waals surface area (Å²) in [5, 5.41) is 11.7. The maximum Gasteiger partial charge on any atom is 0.211 e. The Labute approximate surface area is 78.1 Å². The number of hydrogen-bond acceptors (Lipinski definition) is 4. The number of hydrogen-bond donors (Lipinski definition) is 1. The highest BCUT2D eigenvalue weighted by Crippen LogP contribution is 2.15. The van der Waals surface area contributed by atoms with Crippen molar-refractivity contribution in [1.29, 1.82) is 0 Å². The van der Waals surface area contributed by atoms with Gasteiger partial charge in [-0.05, 0) is 0 Å². The first-order valence-electron chi connectivity index (χ1n) is 4.11. The van der Waals surface area contributed by atoms with E-state index >= 15 is 0 Å². The van der Waals surface area contributed by atoms with Crippen LogP contribution in [0.25, 0.3) is 0 Å². The summed E-state index contributed by atoms with van der Waals surface area (Å²) in [5.41, 5.74) is 0.680. The molecule has 0 amide bonds. The van der Waals surface area contributed by atoms with Crippen LogP contribution in [0.4, 0.5) is 0 Å². The molecule has 1 atom stereocenters. The lowest BCUT2D eigenvalue weighted by molar-refractivity contribution is 0.300. The highest BCUT2D eigenvalue weighted by atomic mass is 32.2. The highest BCUT2D eigenvalue weighted by Gasteiger charge is 2.27. The van der Waals surface area contributed by atoms with Gasteiger partial charge in [0.15, 0.2) is 0 Å². The van der Waals surface area contributed by atoms with Gasteiger partial charge in [-0.25, -0.2) is 12.7 Å². The van der Waals surface area contributed by atoms with Crippen molar-refractivity contribution in [2.75, 3.05) is 19.3 Å². The maximum absolute atomic E-state index is 11.2. The SMILES string of the molecule is CC1CN(S(C)(=O)=O)CCC1=NO. The monoisotopic (exact) mass is 206 g/mol. The zero-order valence-corrected chi connectivity index (χ0v) is 8.58. The van der Waals surface area contributed by atoms with Crippen molar-refractivity contribution in [3.05, 3.63) is 0 Å². The van der Waals surface area contributed by atoms with E-state index in [2.05, 4.69) is 5.16 Å². The van der Waals surface area contributed by atoms with Crippen molar-refractivity contribution in [2.45, 2.75) is 13.3 Å². The molecule has 1 heterocycles. The van der Waals surface area contributed by atoms with Crippen LogP contribution in [0.5, 0.6) is 0 Å². The molecule has 76 valence electrons. The Morgan fingerprint density at radius 1 is 1.62 bits per heavy atom. The minimum absolute atomic E-state index is 0.00785. The molecule has 0 aromatic heterocycles. The number of rotatable bonds is 1. The van der Waals surface area contributed by atoms with E-state index in [0.29, 0.717) is 25.2 Å². The normalized spacial score (nSPS) is 29.4. The molecule has 1 aliphatic rings. The van der Waals surface area contributed by atoms with E-state index in [9.17, 15) is 8.42 Å². The van der Waals surface area contributed by atoms with E-state index in [1.165, 1.54) is 10.6 Å². The standard InChI is InChI=1S/C7H14N2O3S/c1-6-5-9(13(2,11)12)4-3-7(6)8-10/h6,10H,3-5H2,1-2H3. The number of nitrogens with zero attached hydrogens (tertiary/aromatic N) is 2. The first kappa shape index (κ1) is 10.5. The van der Waals surface area contributed by atoms with Crippen LogP contribution >= 0.6 is 0 Å². The largest absolute Gasteiger partial charge is 0.411 e. The molecular formula is C7H14N2O3S. The van der Waals surface area contributed by atoms with E-state index in [0.717, 1.165) is 0 Å². The molecule has 13 heavy (non-hydrogen) atoms. The third-order valence-corrected chi connectivity index (χ3v) is 3.53. The molecule has 1 aliphatic heterocycles. The number of oxime groups is 1. The van der Waals surface area contributed by atoms with Gasteiger partial charge in [-0.2, -0.15) is 0 Å². The number of sulfonamides is 1. The van der Waals surface area contributed by atoms with Crippen LogP contribution < -0.4 is 0 Å². The molecule has 1 rings (SSSR count). The van der Waals surface area contributed by atoms with Gasteiger partial charge in [0.25, 0.3) is 0 Å². The van der Waals surface area contributed by atoms with Gasteiger partial charge in [-0.15, -0.1) is 0 Å². The van der Waals surface area contributed by atoms with Gasteiger partial charge in [0.05, 0.1) is 12.0 Å². The van der Waals surface area contributed by atoms with Crippen LogP contribution in [0.15, 0.2) is 5.16 Å². The van der Waals surface area contributed by atoms with Crippen molar-refractivity contribution < 1.29 is 13.6 Å². The lowest BCUT2D eigenvalue weighted by Gasteiger charge is -2.29. The van der Waals surface area contributed by atoms with Crippen LogP contribution in [0, 0.1) is 5.92 Å². The zero-order valence-electron chi connectivity index (χ0n) is 7.77. The summed E-state index contributed by atoms with van der Waals surface area (Å²) in [6, 6.07) is 0. The lowest BCUT2D eigenvalue weighted by atomic mass is 10.00. The molecule has 0 radical (unpaired) electrons. The summed E-state index contributed by atoms with van der Waals surface area (Å²) in [6.07, 6.45) is 1.71. The average Bonchev–Trinajstić information content (AvgIpc) is 2.02. The molecule has 1 N–H and O–H groups in total. The molecule has 1 saturated heterocycles. The minimum atomic E-state index is -3.09. The first-order chi connectivity index (χ1) is 5.95. The smallest absolute Gasteiger partial charge is 0.211 e. The van der Waals surface area contributed by atoms with Gasteiger partial charge < -0.3 is 5.21 Å². The molecule has 0 aromatic carbocycles. The molecular weight excluding hydrogens is 192 g/mol. The Kier molecular flexibility index (Phi) is 2.92. The van der Waals surface area contributed by atoms with Crippen LogP contribution in [0.3, 0.4) is 0 Å². The fourth-order valence-corrected chi connectivity index (χ4v) is 2.35. The molecule has 1 fully saturated rings. The fourth-order valence-electron chi connectivity index (χ4n) is 1.44. The molecule has 0 spiro atoms. The quantitative estimate of drug-likeness (QED) is 0.489. The van der Waals surface area contributed by atoms with Crippen LogP contribution in [0.1, 0.15) is 13.3 Å². The first-order valence-corrected chi connectivity index (χ1v) is 5.96. The second-order valence-electron chi connectivity index (χ2n) is 3.36. The van der Waals surface area contributed by atoms with Crippen molar-refractivity contribution in [3.8, 4) is 0 Å². The molecule has 1 unspecified atom stereocenters. The van der Waals surface area contributed by atoms with Crippen molar-refractivity contribution >= 4 is 15.7 Å². The second-order valence-corrected chi connectivity index (χ2v) is 5.35. The van der Waals surface area contributed by atoms with Gasteiger partial charge in [-0.3, -0.25) is 0 Å². The van der Waals surface area contributed by atoms with Gasteiger partial charge in [0, 0.05) is 25.4 Å². The van der Waals surface area contributed by atoms with Gasteiger partial charge in [-0.1, -0.05) is 12.1 Å². The maximum atomic E-state index is 11.2. The predicted molar refractivity (Wildman–Crippen MR) is 49.4 cm³/mol. The van der Waals surface area contributed by atoms with E-state index in [1.807, 2.05) is 6.92 Å². The molecule has 0 aromatic rings. The fraction of sp³-hybridized carbons (Fsp3) is 0.857. The predicted octanol–water partition coefficient (Wildman–Crippen LogP) is 0.118. The molecule has 5 nitrogen and oxygen atoms in total. The third kappa shape index (κ3) is 2.41. The van der Waals surface area contributed by atoms with E-state index in [-0.39, 0.29) is 5.92 Å². The molecule has 0 bridgehead atoms. The summed E-state index contributed by atoms with van der Waals surface area (Å²) in [7, 11) is -3.09. The van der Waals surface area contributed by atoms with Crippen molar-refractivity contribution in [2.24, 2.45) is 11.1 Å². The van der Waals surface area contributed by atoms with Gasteiger partial charge >= 0.3 is 0 Å². The Balaban J connectivity index is 2.72. The number of piperidine rings is 1. The summed E-state index contributed by atoms with van der Waals surface area (Å²) in [6.45, 7) is 2.69. The van der Waals surface area contributed by atoms with Crippen LogP contribution in [-0.2, 0) is 10.0 Å². The average molecular weight is 206 g/mol. The Bertz CT molecular complexity index is 310. The van der Waals surface area contributed by atoms with Gasteiger partial charge in [0.1, 0.15) is 0 Å². The van der Waals surface area contributed by atoms with E-state index in [1.54, 1.807) is 0 Å². The Hall–Kier alpha value is -0.620. The highest BCUT2D eigenvalue weighted by molar-refractivity contribution is 7.88. The zero-order chi connectivity index (χ0) is 10.1. The molecule has 6 heteroatoms. The van der Waals surface area contributed by atoms with Crippen LogP contribution in [0.2, 0.25) is 0 Å². The summed E-state index contributed by atoms with van der Waals surface area (Å²) < 4.78 is 23.7. The molecule has 0 aliphatic carbocycles. The minimum Gasteiger partial charge on any atom is -0.411 e. The van der Waals surface area contributed by atoms with E-state index in [4.69, 9.17) is 5.21 Å². The topological polar surface area (TPSA) is 70.0 Å². The van der Waals surface area contributed by atoms with Crippen molar-refractivity contribution in [1.82, 2.24) is 4.31 Å². The Morgan fingerprint density at radius 2 is 2.23 bits per heavy atom. The third-order valence-electron chi connectivity index (χ3n) is 2.26. The summed E-state index contributed by atoms with van der Waals surface area (Å²) in [5.74, 6) is 0.00785. The van der Waals surface area contributed by atoms with E-state index < -0.39 is 10.0 Å². The lowest BCUT2D eigenvalue weighted by Crippen LogP contribution is -2.42. The van der Waals surface area contributed by atoms with Crippen molar-refractivity contribution in [3.63, 3.8) is 0 Å². The summed E-state index contributed by atoms with van der Waals surface area (Å²) >= 11 is 0.